The number of hydrogen-bond donors (Lipinski definition) is 2. The summed E-state index contributed by atoms with van der Waals surface area (Å²) < 4.78 is 0. The monoisotopic (exact) mass is 331 g/mol. The first kappa shape index (κ1) is 18.5. The normalized spacial score (nSPS) is 15.3. The van der Waals surface area contributed by atoms with Crippen molar-refractivity contribution in [3.05, 3.63) is 29.8 Å². The molecule has 24 heavy (non-hydrogen) atoms. The van der Waals surface area contributed by atoms with Gasteiger partial charge in [0.15, 0.2) is 0 Å². The van der Waals surface area contributed by atoms with E-state index in [-0.39, 0.29) is 18.4 Å². The fourth-order valence-electron chi connectivity index (χ4n) is 3.00. The van der Waals surface area contributed by atoms with Crippen molar-refractivity contribution in [2.75, 3.05) is 25.5 Å². The first-order chi connectivity index (χ1) is 11.5. The summed E-state index contributed by atoms with van der Waals surface area (Å²) >= 11 is 0. The molecule has 1 saturated carbocycles. The Morgan fingerprint density at radius 2 is 1.75 bits per heavy atom. The molecule has 2 amide bonds. The zero-order valence-electron chi connectivity index (χ0n) is 14.8. The van der Waals surface area contributed by atoms with Crippen molar-refractivity contribution in [1.82, 2.24) is 10.2 Å². The van der Waals surface area contributed by atoms with Gasteiger partial charge in [-0.15, -0.1) is 0 Å². The van der Waals surface area contributed by atoms with E-state index in [2.05, 4.69) is 10.6 Å². The molecule has 1 aliphatic rings. The Balaban J connectivity index is 1.64. The van der Waals surface area contributed by atoms with Crippen LogP contribution in [0.2, 0.25) is 0 Å². The lowest BCUT2D eigenvalue weighted by atomic mass is 9.95. The van der Waals surface area contributed by atoms with E-state index in [1.165, 1.54) is 19.3 Å². The van der Waals surface area contributed by atoms with Crippen LogP contribution in [0.1, 0.15) is 44.1 Å². The summed E-state index contributed by atoms with van der Waals surface area (Å²) in [7, 11) is 1.86. The van der Waals surface area contributed by atoms with Gasteiger partial charge in [0.05, 0.1) is 6.54 Å². The molecule has 0 saturated heterocycles. The number of carbonyl (C=O) groups excluding carboxylic acids is 2. The van der Waals surface area contributed by atoms with Gasteiger partial charge in [-0.05, 0) is 38.9 Å². The van der Waals surface area contributed by atoms with Crippen LogP contribution < -0.4 is 10.6 Å². The lowest BCUT2D eigenvalue weighted by molar-refractivity contribution is -0.123. The number of anilines is 1. The average molecular weight is 331 g/mol. The highest BCUT2D eigenvalue weighted by Crippen LogP contribution is 2.17. The van der Waals surface area contributed by atoms with Crippen molar-refractivity contribution in [1.29, 1.82) is 0 Å². The topological polar surface area (TPSA) is 61.4 Å². The second-order valence-electron chi connectivity index (χ2n) is 6.80. The molecule has 2 N–H and O–H groups in total. The van der Waals surface area contributed by atoms with Crippen LogP contribution in [0, 0.1) is 6.92 Å². The zero-order valence-corrected chi connectivity index (χ0v) is 14.8. The van der Waals surface area contributed by atoms with E-state index in [0.29, 0.717) is 19.0 Å². The van der Waals surface area contributed by atoms with Crippen molar-refractivity contribution in [2.45, 2.75) is 51.5 Å². The molecular formula is C19H29N3O2. The SMILES string of the molecule is Cc1ccc(NC(=O)CN(C)CCC(=O)NC2CCCCC2)cc1. The van der Waals surface area contributed by atoms with Crippen molar-refractivity contribution < 1.29 is 9.59 Å². The second-order valence-corrected chi connectivity index (χ2v) is 6.80. The largest absolute Gasteiger partial charge is 0.353 e. The number of nitrogens with one attached hydrogen (secondary N) is 2. The van der Waals surface area contributed by atoms with Crippen molar-refractivity contribution in [3.8, 4) is 0 Å². The molecule has 132 valence electrons. The number of benzene rings is 1. The third kappa shape index (κ3) is 6.71. The Morgan fingerprint density at radius 1 is 1.08 bits per heavy atom. The van der Waals surface area contributed by atoms with Gasteiger partial charge in [0.1, 0.15) is 0 Å². The molecule has 0 atom stereocenters. The van der Waals surface area contributed by atoms with Crippen LogP contribution in [-0.2, 0) is 9.59 Å². The van der Waals surface area contributed by atoms with E-state index >= 15 is 0 Å². The van der Waals surface area contributed by atoms with E-state index in [9.17, 15) is 9.59 Å². The number of aryl methyl sites for hydroxylation is 1. The van der Waals surface area contributed by atoms with Gasteiger partial charge in [-0.2, -0.15) is 0 Å². The average Bonchev–Trinajstić information content (AvgIpc) is 2.56. The number of hydrogen-bond acceptors (Lipinski definition) is 3. The van der Waals surface area contributed by atoms with Crippen molar-refractivity contribution >= 4 is 17.5 Å². The van der Waals surface area contributed by atoms with Crippen molar-refractivity contribution in [2.24, 2.45) is 0 Å². The predicted octanol–water partition coefficient (Wildman–Crippen LogP) is 2.70. The van der Waals surface area contributed by atoms with E-state index in [4.69, 9.17) is 0 Å². The Kier molecular flexibility index (Phi) is 7.25. The molecule has 0 spiro atoms. The Labute approximate surface area is 144 Å². The number of likely N-dealkylation sites (N-methyl/N-ethyl adjacent to an activating group) is 1. The summed E-state index contributed by atoms with van der Waals surface area (Å²) in [4.78, 5) is 25.9. The Morgan fingerprint density at radius 3 is 2.42 bits per heavy atom. The van der Waals surface area contributed by atoms with Crippen LogP contribution in [0.3, 0.4) is 0 Å². The maximum Gasteiger partial charge on any atom is 0.238 e. The van der Waals surface area contributed by atoms with E-state index < -0.39 is 0 Å². The summed E-state index contributed by atoms with van der Waals surface area (Å²) in [6, 6.07) is 8.07. The summed E-state index contributed by atoms with van der Waals surface area (Å²) in [5.41, 5.74) is 1.96. The minimum absolute atomic E-state index is 0.0611. The molecule has 2 rings (SSSR count). The molecule has 5 nitrogen and oxygen atoms in total. The highest BCUT2D eigenvalue weighted by molar-refractivity contribution is 5.92. The highest BCUT2D eigenvalue weighted by atomic mass is 16.2. The van der Waals surface area contributed by atoms with Gasteiger partial charge in [-0.25, -0.2) is 0 Å². The first-order valence-corrected chi connectivity index (χ1v) is 8.87. The van der Waals surface area contributed by atoms with Crippen LogP contribution in [0.5, 0.6) is 0 Å². The zero-order chi connectivity index (χ0) is 17.4. The molecule has 0 radical (unpaired) electrons. The summed E-state index contributed by atoms with van der Waals surface area (Å²) in [6.45, 7) is 2.88. The van der Waals surface area contributed by atoms with Crippen molar-refractivity contribution in [3.63, 3.8) is 0 Å². The fourth-order valence-corrected chi connectivity index (χ4v) is 3.00. The Bertz CT molecular complexity index is 536. The van der Waals surface area contributed by atoms with Crippen LogP contribution in [-0.4, -0.2) is 42.9 Å². The first-order valence-electron chi connectivity index (χ1n) is 8.87. The summed E-state index contributed by atoms with van der Waals surface area (Å²) in [5, 5.41) is 5.98. The van der Waals surface area contributed by atoms with E-state index in [1.54, 1.807) is 0 Å². The minimum Gasteiger partial charge on any atom is -0.353 e. The number of nitrogens with zero attached hydrogens (tertiary/aromatic N) is 1. The van der Waals surface area contributed by atoms with E-state index in [0.717, 1.165) is 24.1 Å². The van der Waals surface area contributed by atoms with Crippen LogP contribution in [0.25, 0.3) is 0 Å². The smallest absolute Gasteiger partial charge is 0.238 e. The third-order valence-electron chi connectivity index (χ3n) is 4.44. The molecule has 0 heterocycles. The number of carbonyl (C=O) groups is 2. The lowest BCUT2D eigenvalue weighted by Crippen LogP contribution is -2.38. The van der Waals surface area contributed by atoms with Crippen LogP contribution in [0.4, 0.5) is 5.69 Å². The molecule has 0 aromatic heterocycles. The molecule has 1 aromatic carbocycles. The van der Waals surface area contributed by atoms with Gasteiger partial charge in [-0.1, -0.05) is 37.0 Å². The van der Waals surface area contributed by atoms with Gasteiger partial charge >= 0.3 is 0 Å². The Hall–Kier alpha value is -1.88. The maximum absolute atomic E-state index is 12.0. The standard InChI is InChI=1S/C19H29N3O2/c1-15-8-10-17(11-9-15)21-19(24)14-22(2)13-12-18(23)20-16-6-4-3-5-7-16/h8-11,16H,3-7,12-14H2,1-2H3,(H,20,23)(H,21,24). The third-order valence-corrected chi connectivity index (χ3v) is 4.44. The molecule has 1 aromatic rings. The van der Waals surface area contributed by atoms with Crippen LogP contribution >= 0.6 is 0 Å². The maximum atomic E-state index is 12.0. The fraction of sp³-hybridized carbons (Fsp3) is 0.579. The molecule has 5 heteroatoms. The molecule has 0 unspecified atom stereocenters. The number of rotatable bonds is 7. The molecular weight excluding hydrogens is 302 g/mol. The van der Waals surface area contributed by atoms with Gasteiger partial charge in [0.25, 0.3) is 0 Å². The van der Waals surface area contributed by atoms with Gasteiger partial charge in [0, 0.05) is 24.7 Å². The summed E-state index contributed by atoms with van der Waals surface area (Å²) in [5.74, 6) is 0.0294. The molecule has 1 aliphatic carbocycles. The molecule has 0 aliphatic heterocycles. The number of amides is 2. The van der Waals surface area contributed by atoms with Gasteiger partial charge in [-0.3, -0.25) is 14.5 Å². The second kappa shape index (κ2) is 9.42. The summed E-state index contributed by atoms with van der Waals surface area (Å²) in [6.07, 6.45) is 6.34. The molecule has 0 bridgehead atoms. The quantitative estimate of drug-likeness (QED) is 0.807. The molecule has 1 fully saturated rings. The van der Waals surface area contributed by atoms with Gasteiger partial charge < -0.3 is 10.6 Å². The highest BCUT2D eigenvalue weighted by Gasteiger charge is 2.16. The van der Waals surface area contributed by atoms with Crippen LogP contribution in [0.15, 0.2) is 24.3 Å². The minimum atomic E-state index is -0.0611. The lowest BCUT2D eigenvalue weighted by Gasteiger charge is -2.23. The predicted molar refractivity (Wildman–Crippen MR) is 96.9 cm³/mol. The van der Waals surface area contributed by atoms with Gasteiger partial charge in [0.2, 0.25) is 11.8 Å². The van der Waals surface area contributed by atoms with E-state index in [1.807, 2.05) is 43.1 Å².